The number of aliphatic carboxylic acids is 1. The van der Waals surface area contributed by atoms with E-state index in [0.717, 1.165) is 11.8 Å². The number of amides is 3. The first-order chi connectivity index (χ1) is 15.6. The summed E-state index contributed by atoms with van der Waals surface area (Å²) in [6.07, 6.45) is -0.882. The summed E-state index contributed by atoms with van der Waals surface area (Å²) in [7, 11) is 0. The fourth-order valence-electron chi connectivity index (χ4n) is 4.07. The van der Waals surface area contributed by atoms with Crippen LogP contribution in [0.5, 0.6) is 0 Å². The number of nitrogens with two attached hydrogens (primary N) is 1. The maximum Gasteiger partial charge on any atom is 0.353 e. The Kier molecular flexibility index (Phi) is 5.99. The molecule has 0 aliphatic carbocycles. The van der Waals surface area contributed by atoms with Crippen molar-refractivity contribution in [3.63, 3.8) is 0 Å². The molecule has 10 nitrogen and oxygen atoms in total. The molecule has 12 heteroatoms. The number of benzene rings is 1. The molecule has 1 aromatic carbocycles. The number of aliphatic hydroxyl groups is 1. The van der Waals surface area contributed by atoms with Gasteiger partial charge < -0.3 is 26.2 Å². The number of fused-ring (bicyclic) bond motifs is 1. The number of aliphatic hydroxyl groups excluding tert-OH is 1. The molecule has 0 spiro atoms. The van der Waals surface area contributed by atoms with Crippen LogP contribution in [0.2, 0.25) is 0 Å². The van der Waals surface area contributed by atoms with Crippen molar-refractivity contribution in [2.75, 3.05) is 5.32 Å². The molecular weight excluding hydrogens is 468 g/mol. The van der Waals surface area contributed by atoms with Crippen LogP contribution in [0.4, 0.5) is 5.69 Å². The number of rotatable bonds is 7. The summed E-state index contributed by atoms with van der Waals surface area (Å²) in [5, 5.41) is 23.9. The number of anilines is 1. The largest absolute Gasteiger partial charge is 0.477 e. The Bertz CT molecular complexity index is 1190. The third-order valence-corrected chi connectivity index (χ3v) is 7.88. The van der Waals surface area contributed by atoms with Crippen molar-refractivity contribution >= 4 is 52.5 Å². The number of hydrogen-bond donors (Lipinski definition) is 4. The van der Waals surface area contributed by atoms with Crippen LogP contribution in [0.1, 0.15) is 34.7 Å². The lowest BCUT2D eigenvalue weighted by Crippen LogP contribution is -2.63. The molecule has 3 heterocycles. The van der Waals surface area contributed by atoms with E-state index in [9.17, 15) is 29.4 Å². The van der Waals surface area contributed by atoms with Gasteiger partial charge >= 0.3 is 5.97 Å². The van der Waals surface area contributed by atoms with Gasteiger partial charge in [-0.3, -0.25) is 14.4 Å². The standard InChI is InChI=1S/C21H20N4O6S2/c1-8-14-13(9(2)26)19(29)25(14)15(20(30)31)16(8)33-21-24-12(7-32-21)18(28)23-11-5-3-10(4-6-11)17(22)27/h3-9,13-14,26H,1-2H3,(H2,22,27)(H,23,28)(H,30,31)/t8-,9-,13-,14-/m1/s1. The van der Waals surface area contributed by atoms with E-state index in [2.05, 4.69) is 10.3 Å². The molecule has 3 amide bonds. The zero-order chi connectivity index (χ0) is 24.0. The topological polar surface area (TPSA) is 163 Å². The van der Waals surface area contributed by atoms with E-state index in [4.69, 9.17) is 5.73 Å². The predicted molar refractivity (Wildman–Crippen MR) is 121 cm³/mol. The second-order valence-corrected chi connectivity index (χ2v) is 9.92. The molecule has 1 aromatic heterocycles. The van der Waals surface area contributed by atoms with Gasteiger partial charge in [0.05, 0.1) is 18.1 Å². The van der Waals surface area contributed by atoms with Crippen molar-refractivity contribution in [3.8, 4) is 0 Å². The van der Waals surface area contributed by atoms with E-state index in [-0.39, 0.29) is 17.3 Å². The van der Waals surface area contributed by atoms with Gasteiger partial charge in [0.15, 0.2) is 4.34 Å². The van der Waals surface area contributed by atoms with Gasteiger partial charge in [0.25, 0.3) is 5.91 Å². The molecule has 2 aliphatic rings. The van der Waals surface area contributed by atoms with E-state index in [1.54, 1.807) is 17.5 Å². The van der Waals surface area contributed by atoms with Gasteiger partial charge in [0, 0.05) is 27.5 Å². The molecule has 1 fully saturated rings. The van der Waals surface area contributed by atoms with E-state index in [1.807, 2.05) is 6.92 Å². The second-order valence-electron chi connectivity index (χ2n) is 7.77. The number of primary amides is 1. The van der Waals surface area contributed by atoms with E-state index >= 15 is 0 Å². The predicted octanol–water partition coefficient (Wildman–Crippen LogP) is 1.74. The molecule has 5 N–H and O–H groups in total. The molecule has 0 unspecified atom stereocenters. The first kappa shape index (κ1) is 23.0. The molecule has 33 heavy (non-hydrogen) atoms. The van der Waals surface area contributed by atoms with Gasteiger partial charge in [-0.25, -0.2) is 9.78 Å². The minimum absolute atomic E-state index is 0.102. The van der Waals surface area contributed by atoms with Crippen LogP contribution in [0.3, 0.4) is 0 Å². The summed E-state index contributed by atoms with van der Waals surface area (Å²) in [6, 6.07) is 5.66. The Morgan fingerprint density at radius 1 is 1.27 bits per heavy atom. The number of β-lactam (4-membered cyclic amide) rings is 1. The van der Waals surface area contributed by atoms with Gasteiger partial charge in [-0.2, -0.15) is 0 Å². The third-order valence-electron chi connectivity index (χ3n) is 5.65. The van der Waals surface area contributed by atoms with Crippen LogP contribution < -0.4 is 11.1 Å². The van der Waals surface area contributed by atoms with E-state index in [1.165, 1.54) is 35.3 Å². The first-order valence-corrected chi connectivity index (χ1v) is 11.6. The lowest BCUT2D eigenvalue weighted by Gasteiger charge is -2.46. The molecule has 4 rings (SSSR count). The first-order valence-electron chi connectivity index (χ1n) is 9.93. The molecule has 0 saturated carbocycles. The number of carbonyl (C=O) groups excluding carboxylic acids is 3. The minimum Gasteiger partial charge on any atom is -0.477 e. The molecule has 0 radical (unpaired) electrons. The third kappa shape index (κ3) is 4.01. The average molecular weight is 489 g/mol. The van der Waals surface area contributed by atoms with Gasteiger partial charge in [-0.15, -0.1) is 11.3 Å². The maximum absolute atomic E-state index is 12.5. The van der Waals surface area contributed by atoms with Gasteiger partial charge in [0.2, 0.25) is 11.8 Å². The van der Waals surface area contributed by atoms with Crippen LogP contribution in [0.15, 0.2) is 44.6 Å². The number of thioether (sulfide) groups is 1. The van der Waals surface area contributed by atoms with E-state index < -0.39 is 41.8 Å². The average Bonchev–Trinajstić information content (AvgIpc) is 3.30. The summed E-state index contributed by atoms with van der Waals surface area (Å²) in [6.45, 7) is 3.33. The second kappa shape index (κ2) is 8.61. The van der Waals surface area contributed by atoms with Crippen LogP contribution in [-0.4, -0.2) is 55.9 Å². The van der Waals surface area contributed by atoms with Gasteiger partial charge in [-0.1, -0.05) is 18.7 Å². The van der Waals surface area contributed by atoms with Crippen molar-refractivity contribution in [2.45, 2.75) is 30.3 Å². The summed E-state index contributed by atoms with van der Waals surface area (Å²) < 4.78 is 0.452. The molecule has 1 saturated heterocycles. The number of hydrogen-bond acceptors (Lipinski definition) is 8. The molecular formula is C21H20N4O6S2. The highest BCUT2D eigenvalue weighted by Crippen LogP contribution is 2.52. The quantitative estimate of drug-likeness (QED) is 0.428. The van der Waals surface area contributed by atoms with Crippen molar-refractivity contribution in [1.29, 1.82) is 0 Å². The lowest BCUT2D eigenvalue weighted by molar-refractivity contribution is -0.163. The molecule has 172 valence electrons. The van der Waals surface area contributed by atoms with Gasteiger partial charge in [0.1, 0.15) is 11.4 Å². The normalized spacial score (nSPS) is 22.6. The van der Waals surface area contributed by atoms with Crippen LogP contribution in [0, 0.1) is 11.8 Å². The highest BCUT2D eigenvalue weighted by atomic mass is 32.2. The maximum atomic E-state index is 12.5. The van der Waals surface area contributed by atoms with Crippen molar-refractivity contribution < 1.29 is 29.4 Å². The Morgan fingerprint density at radius 3 is 2.52 bits per heavy atom. The fraction of sp³-hybridized carbons (Fsp3) is 0.286. The van der Waals surface area contributed by atoms with Crippen molar-refractivity contribution in [2.24, 2.45) is 17.6 Å². The highest BCUT2D eigenvalue weighted by Gasteiger charge is 2.60. The number of carboxylic acid groups (broad SMARTS) is 1. The molecule has 4 atom stereocenters. The molecule has 0 bridgehead atoms. The number of thiazole rings is 1. The number of nitrogens with zero attached hydrogens (tertiary/aromatic N) is 2. The van der Waals surface area contributed by atoms with Crippen LogP contribution >= 0.6 is 23.1 Å². The number of nitrogens with one attached hydrogen (secondary N) is 1. The van der Waals surface area contributed by atoms with Crippen LogP contribution in [0.25, 0.3) is 0 Å². The smallest absolute Gasteiger partial charge is 0.353 e. The Morgan fingerprint density at radius 2 is 1.94 bits per heavy atom. The lowest BCUT2D eigenvalue weighted by atomic mass is 9.79. The van der Waals surface area contributed by atoms with Crippen molar-refractivity contribution in [3.05, 3.63) is 51.5 Å². The number of carboxylic acids is 1. The SMILES string of the molecule is C[C@@H](O)[C@H]1C(=O)N2C(C(=O)O)=C(Sc3nc(C(=O)Nc4ccc(C(N)=O)cc4)cs3)[C@H](C)[C@H]12. The zero-order valence-electron chi connectivity index (χ0n) is 17.5. The van der Waals surface area contributed by atoms with Crippen LogP contribution in [-0.2, 0) is 9.59 Å². The molecule has 2 aliphatic heterocycles. The Labute approximate surface area is 196 Å². The minimum atomic E-state index is -1.22. The summed E-state index contributed by atoms with van der Waals surface area (Å²) >= 11 is 2.29. The highest BCUT2D eigenvalue weighted by molar-refractivity contribution is 8.04. The summed E-state index contributed by atoms with van der Waals surface area (Å²) in [5.74, 6) is -3.62. The summed E-state index contributed by atoms with van der Waals surface area (Å²) in [4.78, 5) is 54.0. The Hall–Kier alpha value is -3.22. The number of aromatic nitrogens is 1. The van der Waals surface area contributed by atoms with Crippen molar-refractivity contribution in [1.82, 2.24) is 9.88 Å². The summed E-state index contributed by atoms with van der Waals surface area (Å²) in [5.41, 5.74) is 6.02. The molecule has 2 aromatic rings. The fourth-order valence-corrected chi connectivity index (χ4v) is 6.14. The monoisotopic (exact) mass is 488 g/mol. The Balaban J connectivity index is 1.51. The number of carbonyl (C=O) groups is 4. The zero-order valence-corrected chi connectivity index (χ0v) is 19.1. The van der Waals surface area contributed by atoms with E-state index in [0.29, 0.717) is 20.5 Å². The van der Waals surface area contributed by atoms with Gasteiger partial charge in [-0.05, 0) is 31.2 Å².